The van der Waals surface area contributed by atoms with Crippen molar-refractivity contribution < 1.29 is 3.07 Å². The molecule has 0 amide bonds. The summed E-state index contributed by atoms with van der Waals surface area (Å²) >= 11 is -1.42. The van der Waals surface area contributed by atoms with Crippen LogP contribution in [0.3, 0.4) is 0 Å². The van der Waals surface area contributed by atoms with Crippen LogP contribution in [0.15, 0.2) is 0 Å². The molecule has 2 nitrogen and oxygen atoms in total. The van der Waals surface area contributed by atoms with Crippen molar-refractivity contribution in [2.24, 2.45) is 5.73 Å². The summed E-state index contributed by atoms with van der Waals surface area (Å²) in [6.07, 6.45) is 4.04. The van der Waals surface area contributed by atoms with Crippen LogP contribution in [-0.4, -0.2) is 32.3 Å². The minimum absolute atomic E-state index is 0.361. The van der Waals surface area contributed by atoms with E-state index in [1.54, 1.807) is 0 Å². The molecule has 0 aromatic rings. The Morgan fingerprint density at radius 1 is 1.38 bits per heavy atom. The van der Waals surface area contributed by atoms with E-state index >= 15 is 0 Å². The summed E-state index contributed by atoms with van der Waals surface area (Å²) in [6.45, 7) is 6.44. The summed E-state index contributed by atoms with van der Waals surface area (Å²) in [5, 5.41) is 0. The maximum absolute atomic E-state index is 5.94. The first kappa shape index (κ1) is 13.7. The normalized spacial score (nSPS) is 15.5. The van der Waals surface area contributed by atoms with Crippen molar-refractivity contribution in [3.05, 3.63) is 0 Å². The molecule has 2 atom stereocenters. The quantitative estimate of drug-likeness (QED) is 0.732. The topological polar surface area (TPSA) is 35.2 Å². The molecule has 78 valence electrons. The number of hydrogen-bond donors (Lipinski definition) is 1. The molecule has 0 heterocycles. The van der Waals surface area contributed by atoms with E-state index in [-0.39, 0.29) is 0 Å². The number of rotatable bonds is 7. The van der Waals surface area contributed by atoms with Gasteiger partial charge in [-0.2, -0.15) is 0 Å². The Morgan fingerprint density at radius 3 is 2.46 bits per heavy atom. The van der Waals surface area contributed by atoms with Crippen molar-refractivity contribution in [1.29, 1.82) is 0 Å². The third-order valence-electron chi connectivity index (χ3n) is 2.17. The molecule has 2 unspecified atom stereocenters. The van der Waals surface area contributed by atoms with E-state index in [4.69, 9.17) is 8.81 Å². The molecule has 0 fully saturated rings. The molecule has 0 bridgehead atoms. The minimum atomic E-state index is -1.42. The second-order valence-electron chi connectivity index (χ2n) is 3.91. The van der Waals surface area contributed by atoms with Crippen LogP contribution < -0.4 is 5.73 Å². The fraction of sp³-hybridized carbons (Fsp3) is 1.00. The Hall–Kier alpha value is 0.719. The van der Waals surface area contributed by atoms with Crippen molar-refractivity contribution >= 4 is 20.2 Å². The van der Waals surface area contributed by atoms with Crippen molar-refractivity contribution in [3.8, 4) is 0 Å². The van der Waals surface area contributed by atoms with Crippen LogP contribution in [0, 0.1) is 0 Å². The van der Waals surface area contributed by atoms with Gasteiger partial charge in [-0.3, -0.25) is 0 Å². The van der Waals surface area contributed by atoms with E-state index in [9.17, 15) is 0 Å². The van der Waals surface area contributed by atoms with Gasteiger partial charge in [0.15, 0.2) is 0 Å². The van der Waals surface area contributed by atoms with Gasteiger partial charge in [0, 0.05) is 0 Å². The Labute approximate surface area is 90.5 Å². The van der Waals surface area contributed by atoms with E-state index in [2.05, 4.69) is 25.7 Å². The van der Waals surface area contributed by atoms with E-state index in [0.29, 0.717) is 12.1 Å². The summed E-state index contributed by atoms with van der Waals surface area (Å²) in [5.41, 5.74) is 5.69. The molecule has 2 N–H and O–H groups in total. The Morgan fingerprint density at radius 2 is 2.00 bits per heavy atom. The first-order chi connectivity index (χ1) is 6.06. The summed E-state index contributed by atoms with van der Waals surface area (Å²) in [7, 11) is 0. The first-order valence-electron chi connectivity index (χ1n) is 5.31. The number of hydrogen-bond acceptors (Lipinski definition) is 2. The van der Waals surface area contributed by atoms with Gasteiger partial charge in [-0.1, -0.05) is 0 Å². The molecule has 3 heteroatoms. The molecule has 0 aliphatic heterocycles. The van der Waals surface area contributed by atoms with Gasteiger partial charge in [0.1, 0.15) is 0 Å². The van der Waals surface area contributed by atoms with Crippen LogP contribution in [0.5, 0.6) is 0 Å². The van der Waals surface area contributed by atoms with Gasteiger partial charge >= 0.3 is 90.5 Å². The third-order valence-corrected chi connectivity index (χ3v) is 7.48. The van der Waals surface area contributed by atoms with Crippen LogP contribution in [0.25, 0.3) is 0 Å². The summed E-state index contributed by atoms with van der Waals surface area (Å²) in [4.78, 5) is 2.34. The second kappa shape index (κ2) is 8.06. The third kappa shape index (κ3) is 9.03. The van der Waals surface area contributed by atoms with Crippen molar-refractivity contribution in [2.45, 2.75) is 61.6 Å². The SMILES string of the molecule is CCC(C)[O][Sn+]([CH3])[CH2]CCC(C)N. The van der Waals surface area contributed by atoms with E-state index in [1.807, 2.05) is 0 Å². The molecule has 13 heavy (non-hydrogen) atoms. The molecular formula is C10H24NOSn+. The second-order valence-corrected chi connectivity index (χ2v) is 10.0. The zero-order valence-electron chi connectivity index (χ0n) is 9.47. The van der Waals surface area contributed by atoms with Crippen LogP contribution in [0.4, 0.5) is 0 Å². The van der Waals surface area contributed by atoms with Gasteiger partial charge in [0.25, 0.3) is 0 Å². The Kier molecular flexibility index (Phi) is 8.51. The Balaban J connectivity index is 3.34. The molecule has 0 saturated heterocycles. The number of nitrogens with two attached hydrogens (primary N) is 1. The summed E-state index contributed by atoms with van der Waals surface area (Å²) in [6, 6.07) is 0.361. The van der Waals surface area contributed by atoms with Gasteiger partial charge in [0.05, 0.1) is 0 Å². The molecule has 0 spiro atoms. The van der Waals surface area contributed by atoms with Gasteiger partial charge in [-0.15, -0.1) is 0 Å². The van der Waals surface area contributed by atoms with Crippen LogP contribution in [0.1, 0.15) is 40.0 Å². The van der Waals surface area contributed by atoms with Gasteiger partial charge < -0.3 is 0 Å². The predicted octanol–water partition coefficient (Wildman–Crippen LogP) is 2.55. The zero-order valence-corrected chi connectivity index (χ0v) is 12.3. The molecule has 0 aromatic heterocycles. The molecule has 0 saturated carbocycles. The van der Waals surface area contributed by atoms with Crippen molar-refractivity contribution in [1.82, 2.24) is 0 Å². The molecule has 0 radical (unpaired) electrons. The molecular weight excluding hydrogens is 269 g/mol. The van der Waals surface area contributed by atoms with Crippen molar-refractivity contribution in [2.75, 3.05) is 0 Å². The van der Waals surface area contributed by atoms with Gasteiger partial charge in [0.2, 0.25) is 0 Å². The zero-order chi connectivity index (χ0) is 10.3. The van der Waals surface area contributed by atoms with Gasteiger partial charge in [-0.25, -0.2) is 0 Å². The molecule has 0 aliphatic rings. The van der Waals surface area contributed by atoms with Crippen molar-refractivity contribution in [3.63, 3.8) is 0 Å². The monoisotopic (exact) mass is 294 g/mol. The molecule has 0 rings (SSSR count). The summed E-state index contributed by atoms with van der Waals surface area (Å²) in [5.74, 6) is 0. The first-order valence-corrected chi connectivity index (χ1v) is 11.3. The van der Waals surface area contributed by atoms with E-state index in [0.717, 1.165) is 12.8 Å². The predicted molar refractivity (Wildman–Crippen MR) is 60.1 cm³/mol. The average molecular weight is 293 g/mol. The summed E-state index contributed by atoms with van der Waals surface area (Å²) < 4.78 is 7.26. The fourth-order valence-electron chi connectivity index (χ4n) is 1.16. The van der Waals surface area contributed by atoms with E-state index in [1.165, 1.54) is 10.9 Å². The standard InChI is InChI=1S/C5H12N.C4H9O.CH3.Sn/c1-3-4-5(2)6;1-3-4(2)5;;/h5H,1,3-4,6H2,2H3;4H,3H2,1-2H3;1H3;/q;-1;;+2. The maximum atomic E-state index is 5.94. The molecule has 0 aromatic carbocycles. The molecule has 0 aliphatic carbocycles. The van der Waals surface area contributed by atoms with Crippen LogP contribution in [-0.2, 0) is 3.07 Å². The van der Waals surface area contributed by atoms with Gasteiger partial charge in [-0.05, 0) is 0 Å². The van der Waals surface area contributed by atoms with E-state index < -0.39 is 20.2 Å². The van der Waals surface area contributed by atoms with Crippen LogP contribution >= 0.6 is 0 Å². The fourth-order valence-corrected chi connectivity index (χ4v) is 5.93. The average Bonchev–Trinajstić information content (AvgIpc) is 2.03. The van der Waals surface area contributed by atoms with Crippen LogP contribution in [0.2, 0.25) is 9.38 Å². The Bertz CT molecular complexity index is 119.